The van der Waals surface area contributed by atoms with Crippen LogP contribution >= 0.6 is 0 Å². The molecule has 0 bridgehead atoms. The van der Waals surface area contributed by atoms with Gasteiger partial charge in [-0.15, -0.1) is 0 Å². The van der Waals surface area contributed by atoms with E-state index >= 15 is 0 Å². The zero-order valence-corrected chi connectivity index (χ0v) is 13.1. The Labute approximate surface area is 122 Å². The second-order valence-electron chi connectivity index (χ2n) is 4.75. The third-order valence-electron chi connectivity index (χ3n) is 3.24. The number of nitrogens with zero attached hydrogens (tertiary/aromatic N) is 3. The van der Waals surface area contributed by atoms with Crippen LogP contribution in [0.4, 0.5) is 5.82 Å². The van der Waals surface area contributed by atoms with Crippen LogP contribution in [0.15, 0.2) is 12.4 Å². The van der Waals surface area contributed by atoms with Gasteiger partial charge in [-0.05, 0) is 32.5 Å². The molecule has 0 saturated heterocycles. The molecule has 0 aliphatic heterocycles. The van der Waals surface area contributed by atoms with E-state index in [1.54, 1.807) is 6.33 Å². The highest BCUT2D eigenvalue weighted by molar-refractivity contribution is 5.36. The first kappa shape index (κ1) is 16.7. The Balaban J connectivity index is 2.27. The zero-order chi connectivity index (χ0) is 14.6. The summed E-state index contributed by atoms with van der Waals surface area (Å²) in [5.74, 6) is 1.49. The van der Waals surface area contributed by atoms with Crippen LogP contribution in [0.2, 0.25) is 0 Å². The molecule has 1 aromatic heterocycles. The normalized spacial score (nSPS) is 10.8. The molecule has 5 nitrogen and oxygen atoms in total. The lowest BCUT2D eigenvalue weighted by Crippen LogP contribution is -2.25. The van der Waals surface area contributed by atoms with E-state index in [1.165, 1.54) is 0 Å². The van der Waals surface area contributed by atoms with Crippen LogP contribution in [0.3, 0.4) is 0 Å². The molecule has 20 heavy (non-hydrogen) atoms. The molecule has 1 aromatic rings. The fourth-order valence-corrected chi connectivity index (χ4v) is 1.90. The molecule has 1 N–H and O–H groups in total. The fourth-order valence-electron chi connectivity index (χ4n) is 1.90. The molecule has 0 aromatic carbocycles. The Morgan fingerprint density at radius 3 is 2.65 bits per heavy atom. The van der Waals surface area contributed by atoms with Crippen LogP contribution in [0, 0.1) is 0 Å². The number of nitrogens with one attached hydrogen (secondary N) is 1. The predicted molar refractivity (Wildman–Crippen MR) is 83.3 cm³/mol. The molecule has 0 fully saturated rings. The standard InChI is InChI=1S/C15H28N4O/c1-4-7-11-20-15-12-14(17-13-18-15)16-9-8-10-19(5-2)6-3/h12-13H,4-11H2,1-3H3,(H,16,17,18). The van der Waals surface area contributed by atoms with Gasteiger partial charge in [0, 0.05) is 12.6 Å². The molecule has 0 aliphatic rings. The number of hydrogen-bond donors (Lipinski definition) is 1. The van der Waals surface area contributed by atoms with Crippen molar-refractivity contribution in [3.8, 4) is 5.88 Å². The van der Waals surface area contributed by atoms with Crippen LogP contribution in [0.25, 0.3) is 0 Å². The van der Waals surface area contributed by atoms with Gasteiger partial charge in [0.25, 0.3) is 0 Å². The molecule has 0 aliphatic carbocycles. The minimum atomic E-state index is 0.652. The van der Waals surface area contributed by atoms with E-state index in [4.69, 9.17) is 4.74 Å². The largest absolute Gasteiger partial charge is 0.478 e. The van der Waals surface area contributed by atoms with Gasteiger partial charge in [0.1, 0.15) is 12.1 Å². The highest BCUT2D eigenvalue weighted by atomic mass is 16.5. The topological polar surface area (TPSA) is 50.3 Å². The van der Waals surface area contributed by atoms with Crippen molar-refractivity contribution in [2.75, 3.05) is 38.1 Å². The monoisotopic (exact) mass is 280 g/mol. The molecule has 5 heteroatoms. The minimum absolute atomic E-state index is 0.652. The summed E-state index contributed by atoms with van der Waals surface area (Å²) in [5.41, 5.74) is 0. The SMILES string of the molecule is CCCCOc1cc(NCCCN(CC)CC)ncn1. The Kier molecular flexibility index (Phi) is 8.71. The fraction of sp³-hybridized carbons (Fsp3) is 0.733. The van der Waals surface area contributed by atoms with Gasteiger partial charge >= 0.3 is 0 Å². The van der Waals surface area contributed by atoms with E-state index in [0.717, 1.165) is 57.9 Å². The lowest BCUT2D eigenvalue weighted by molar-refractivity contribution is 0.297. The van der Waals surface area contributed by atoms with Gasteiger partial charge in [-0.3, -0.25) is 0 Å². The molecule has 0 radical (unpaired) electrons. The van der Waals surface area contributed by atoms with E-state index < -0.39 is 0 Å². The number of ether oxygens (including phenoxy) is 1. The van der Waals surface area contributed by atoms with E-state index in [-0.39, 0.29) is 0 Å². The summed E-state index contributed by atoms with van der Waals surface area (Å²) < 4.78 is 5.57. The molecular weight excluding hydrogens is 252 g/mol. The van der Waals surface area contributed by atoms with Crippen molar-refractivity contribution >= 4 is 5.82 Å². The van der Waals surface area contributed by atoms with Gasteiger partial charge in [0.2, 0.25) is 5.88 Å². The quantitative estimate of drug-likeness (QED) is 0.632. The number of rotatable bonds is 11. The van der Waals surface area contributed by atoms with Crippen molar-refractivity contribution in [2.45, 2.75) is 40.0 Å². The van der Waals surface area contributed by atoms with E-state index in [0.29, 0.717) is 5.88 Å². The second kappa shape index (κ2) is 10.4. The first-order valence-corrected chi connectivity index (χ1v) is 7.71. The third kappa shape index (κ3) is 6.70. The van der Waals surface area contributed by atoms with Gasteiger partial charge < -0.3 is 15.0 Å². The smallest absolute Gasteiger partial charge is 0.218 e. The number of hydrogen-bond acceptors (Lipinski definition) is 5. The van der Waals surface area contributed by atoms with Crippen LogP contribution in [-0.2, 0) is 0 Å². The van der Waals surface area contributed by atoms with Crippen molar-refractivity contribution in [1.82, 2.24) is 14.9 Å². The molecule has 0 amide bonds. The van der Waals surface area contributed by atoms with Crippen LogP contribution in [-0.4, -0.2) is 47.7 Å². The van der Waals surface area contributed by atoms with Crippen molar-refractivity contribution in [1.29, 1.82) is 0 Å². The van der Waals surface area contributed by atoms with Crippen molar-refractivity contribution in [2.24, 2.45) is 0 Å². The maximum atomic E-state index is 5.57. The third-order valence-corrected chi connectivity index (χ3v) is 3.24. The highest BCUT2D eigenvalue weighted by Crippen LogP contribution is 2.11. The number of unbranched alkanes of at least 4 members (excludes halogenated alkanes) is 1. The van der Waals surface area contributed by atoms with Crippen molar-refractivity contribution in [3.63, 3.8) is 0 Å². The van der Waals surface area contributed by atoms with Gasteiger partial charge in [-0.25, -0.2) is 9.97 Å². The molecule has 114 valence electrons. The second-order valence-corrected chi connectivity index (χ2v) is 4.75. The summed E-state index contributed by atoms with van der Waals surface area (Å²) in [7, 11) is 0. The molecule has 0 unspecified atom stereocenters. The van der Waals surface area contributed by atoms with E-state index in [9.17, 15) is 0 Å². The summed E-state index contributed by atoms with van der Waals surface area (Å²) in [5, 5.41) is 3.32. The molecule has 1 heterocycles. The molecular formula is C15H28N4O. The predicted octanol–water partition coefficient (Wildman–Crippen LogP) is 2.80. The number of aromatic nitrogens is 2. The van der Waals surface area contributed by atoms with Crippen molar-refractivity contribution < 1.29 is 4.74 Å². The minimum Gasteiger partial charge on any atom is -0.478 e. The van der Waals surface area contributed by atoms with Gasteiger partial charge in [-0.1, -0.05) is 27.2 Å². The van der Waals surface area contributed by atoms with Gasteiger partial charge in [0.15, 0.2) is 0 Å². The average molecular weight is 280 g/mol. The summed E-state index contributed by atoms with van der Waals surface area (Å²) in [4.78, 5) is 10.7. The van der Waals surface area contributed by atoms with Gasteiger partial charge in [0.05, 0.1) is 6.61 Å². The Morgan fingerprint density at radius 2 is 1.95 bits per heavy atom. The van der Waals surface area contributed by atoms with Crippen LogP contribution in [0.5, 0.6) is 5.88 Å². The molecule has 0 atom stereocenters. The Morgan fingerprint density at radius 1 is 1.15 bits per heavy atom. The lowest BCUT2D eigenvalue weighted by Gasteiger charge is -2.17. The van der Waals surface area contributed by atoms with Crippen LogP contribution < -0.4 is 10.1 Å². The van der Waals surface area contributed by atoms with Crippen molar-refractivity contribution in [3.05, 3.63) is 12.4 Å². The van der Waals surface area contributed by atoms with E-state index in [1.807, 2.05) is 6.07 Å². The maximum absolute atomic E-state index is 5.57. The van der Waals surface area contributed by atoms with Crippen LogP contribution in [0.1, 0.15) is 40.0 Å². The van der Waals surface area contributed by atoms with Gasteiger partial charge in [-0.2, -0.15) is 0 Å². The summed E-state index contributed by atoms with van der Waals surface area (Å²) in [6.07, 6.45) is 4.84. The first-order chi connectivity index (χ1) is 9.80. The van der Waals surface area contributed by atoms with E-state index in [2.05, 4.69) is 41.0 Å². The summed E-state index contributed by atoms with van der Waals surface area (Å²) in [6, 6.07) is 1.87. The molecule has 0 saturated carbocycles. The molecule has 1 rings (SSSR count). The molecule has 0 spiro atoms. The number of anilines is 1. The first-order valence-electron chi connectivity index (χ1n) is 7.71. The maximum Gasteiger partial charge on any atom is 0.218 e. The summed E-state index contributed by atoms with van der Waals surface area (Å²) in [6.45, 7) is 11.5. The average Bonchev–Trinajstić information content (AvgIpc) is 2.48. The Hall–Kier alpha value is -1.36. The summed E-state index contributed by atoms with van der Waals surface area (Å²) >= 11 is 0. The highest BCUT2D eigenvalue weighted by Gasteiger charge is 2.01. The Bertz CT molecular complexity index is 355. The zero-order valence-electron chi connectivity index (χ0n) is 13.1. The lowest BCUT2D eigenvalue weighted by atomic mass is 10.3.